The van der Waals surface area contributed by atoms with Gasteiger partial charge in [-0.2, -0.15) is 0 Å². The van der Waals surface area contributed by atoms with Crippen LogP contribution in [0.5, 0.6) is 0 Å². The van der Waals surface area contributed by atoms with Gasteiger partial charge in [0.1, 0.15) is 134 Å². The molecule has 39 nitrogen and oxygen atoms in total. The Hall–Kier alpha value is -3.62. The molecule has 6 rings (SSSR count). The molecule has 39 heteroatoms. The second-order valence-corrected chi connectivity index (χ2v) is 32.1. The number of rotatable bonds is 54. The number of carboxylic acid groups (broad SMARTS) is 1. The molecule has 0 saturated carbocycles. The third-order valence-corrected chi connectivity index (χ3v) is 22.7. The minimum absolute atomic E-state index is 0. The van der Waals surface area contributed by atoms with Crippen LogP contribution < -0.4 is 22.1 Å². The largest absolute Gasteiger partial charge is 0.477 e. The van der Waals surface area contributed by atoms with E-state index >= 15 is 0 Å². The van der Waals surface area contributed by atoms with Crippen LogP contribution in [0, 0.1) is 0 Å². The summed E-state index contributed by atoms with van der Waals surface area (Å²) in [7, 11) is 0. The zero-order chi connectivity index (χ0) is 86.1. The Labute approximate surface area is 690 Å². The lowest BCUT2D eigenvalue weighted by Gasteiger charge is -2.52. The number of amides is 3. The molecule has 6 aliphatic rings. The molecule has 0 radical (unpaired) electrons. The van der Waals surface area contributed by atoms with Crippen molar-refractivity contribution in [3.63, 3.8) is 0 Å². The van der Waals surface area contributed by atoms with Crippen LogP contribution in [-0.2, 0) is 76.0 Å². The van der Waals surface area contributed by atoms with E-state index in [-0.39, 0.29) is 12.6 Å². The molecule has 0 bridgehead atoms. The second kappa shape index (κ2) is 54.3. The van der Waals surface area contributed by atoms with E-state index in [0.29, 0.717) is 12.8 Å². The number of carboxylic acids is 1. The number of aliphatic carboxylic acids is 1. The van der Waals surface area contributed by atoms with Crippen LogP contribution in [0.2, 0.25) is 0 Å². The maximum Gasteiger partial charge on any atom is 0.364 e. The second-order valence-electron chi connectivity index (χ2n) is 32.1. The SMILES string of the molecule is CCCCCCCCCCCCCC=CC(O)C(COC1OC(CO)C(OC2OC(CO)C(OC3OC(CO)C(OC4OC(CO)C(O)C(OC5OC(C)C(O)C(O)C5O)C4O)C(O)C3NC(C)=O)C(O[C@]3(C(=O)O)CC(O)C(NC(C)=O)C(C(O)C(O)CO)O3)C2O)C(O)C1O)NC(=O)CCCCCCCCCCCCCCCCC.N. The van der Waals surface area contributed by atoms with E-state index in [2.05, 4.69) is 29.8 Å². The van der Waals surface area contributed by atoms with E-state index in [1.165, 1.54) is 116 Å². The molecule has 0 aromatic carbocycles. The molecule has 6 saturated heterocycles. The number of carbonyl (C=O) groups is 4. The van der Waals surface area contributed by atoms with Gasteiger partial charge in [0.05, 0.1) is 70.0 Å². The van der Waals surface area contributed by atoms with E-state index < -0.39 is 272 Å². The standard InChI is InChI=1S/C79H141N3O35.H3N/c1-6-8-10-12-14-16-18-20-21-23-25-27-29-31-33-35-54(93)82-46(47(90)34-32-30-28-26-24-22-19-17-15-13-11-9-7-2)42-106-74-64(101)62(99)68(52(40-86)110-74)113-77-66(103)72(117-79(78(104)105)36-48(91)55(80-44(4)88)70(116-79)58(95)49(92)37-83)69(53(41-87)111-77)114-73-56(81-45(5)89)60(97)67(51(39-85)109-73)112-76-65(102)71(59(96)50(38-84)108-76)115-75-63(100)61(98)57(94)43(3)107-75;/h32,34,43,46-53,55-77,83-87,90-92,94-103H,6-31,33,35-42H2,1-5H3,(H,80,88)(H,81,89)(H,82,93)(H,104,105);1H3/t43?,46?,47?,48?,49?,50?,51?,52?,53?,55?,56?,57?,58?,59?,60?,61?,62?,63?,64?,65?,66?,67?,68?,69?,70?,71?,72?,73?,74?,75?,76?,77?,79-;/m0./s1. The topological polar surface area (TPSA) is 635 Å². The summed E-state index contributed by atoms with van der Waals surface area (Å²) in [6.45, 7) is 1.36. The van der Waals surface area contributed by atoms with Gasteiger partial charge >= 0.3 is 5.97 Å². The number of allylic oxidation sites excluding steroid dienone is 1. The van der Waals surface area contributed by atoms with Crippen molar-refractivity contribution >= 4 is 23.7 Å². The van der Waals surface area contributed by atoms with Crippen molar-refractivity contribution in [2.24, 2.45) is 0 Å². The van der Waals surface area contributed by atoms with Crippen LogP contribution in [0.25, 0.3) is 0 Å². The highest BCUT2D eigenvalue weighted by Gasteiger charge is 2.63. The predicted molar refractivity (Wildman–Crippen MR) is 415 cm³/mol. The highest BCUT2D eigenvalue weighted by Crippen LogP contribution is 2.42. The van der Waals surface area contributed by atoms with Gasteiger partial charge in [-0.25, -0.2) is 4.79 Å². The quantitative estimate of drug-likeness (QED) is 0.0231. The van der Waals surface area contributed by atoms with Gasteiger partial charge in [-0.1, -0.05) is 180 Å². The number of hydrogen-bond acceptors (Lipinski definition) is 35. The number of aliphatic hydroxyl groups is 18. The molecule has 118 heavy (non-hydrogen) atoms. The monoisotopic (exact) mass is 1710 g/mol. The van der Waals surface area contributed by atoms with Gasteiger partial charge in [0.15, 0.2) is 31.5 Å². The van der Waals surface area contributed by atoms with Gasteiger partial charge in [0, 0.05) is 26.7 Å². The van der Waals surface area contributed by atoms with Crippen LogP contribution in [0.3, 0.4) is 0 Å². The fourth-order valence-electron chi connectivity index (χ4n) is 15.7. The number of unbranched alkanes of at least 4 members (excludes halogenated alkanes) is 25. The third-order valence-electron chi connectivity index (χ3n) is 22.7. The summed E-state index contributed by atoms with van der Waals surface area (Å²) < 4.78 is 71.9. The molecular formula is C79H144N4O35. The third kappa shape index (κ3) is 30.9. The van der Waals surface area contributed by atoms with Crippen molar-refractivity contribution in [1.29, 1.82) is 0 Å². The first-order valence-electron chi connectivity index (χ1n) is 42.5. The Kier molecular flexibility index (Phi) is 48.3. The molecule has 6 aliphatic heterocycles. The maximum absolute atomic E-state index is 13.9. The Morgan fingerprint density at radius 2 is 0.890 bits per heavy atom. The van der Waals surface area contributed by atoms with Crippen molar-refractivity contribution in [3.05, 3.63) is 12.2 Å². The number of nitrogens with one attached hydrogen (secondary N) is 3. The van der Waals surface area contributed by atoms with Crippen molar-refractivity contribution < 1.29 is 173 Å². The Bertz CT molecular complexity index is 2820. The Balaban J connectivity index is 0.0000248. The molecule has 0 spiro atoms. The molecule has 0 aromatic rings. The molecule has 33 atom stereocenters. The first-order valence-corrected chi connectivity index (χ1v) is 42.5. The van der Waals surface area contributed by atoms with Gasteiger partial charge in [-0.15, -0.1) is 0 Å². The minimum atomic E-state index is -3.41. The summed E-state index contributed by atoms with van der Waals surface area (Å²) in [4.78, 5) is 53.3. The van der Waals surface area contributed by atoms with Gasteiger partial charge in [-0.3, -0.25) is 14.4 Å². The lowest BCUT2D eigenvalue weighted by Crippen LogP contribution is -2.72. The smallest absolute Gasteiger partial charge is 0.364 e. The van der Waals surface area contributed by atoms with Crippen LogP contribution >= 0.6 is 0 Å². The van der Waals surface area contributed by atoms with Gasteiger partial charge in [0.2, 0.25) is 17.7 Å². The highest BCUT2D eigenvalue weighted by atomic mass is 16.8. The number of hydrogen-bond donors (Lipinski definition) is 23. The van der Waals surface area contributed by atoms with Gasteiger partial charge < -0.3 is 176 Å². The van der Waals surface area contributed by atoms with Crippen molar-refractivity contribution in [2.45, 2.75) is 423 Å². The van der Waals surface area contributed by atoms with E-state index in [1.54, 1.807) is 6.08 Å². The molecule has 6 heterocycles. The predicted octanol–water partition coefficient (Wildman–Crippen LogP) is -2.03. The highest BCUT2D eigenvalue weighted by molar-refractivity contribution is 5.77. The van der Waals surface area contributed by atoms with Crippen LogP contribution in [0.4, 0.5) is 0 Å². The zero-order valence-electron chi connectivity index (χ0n) is 69.1. The average molecular weight is 1710 g/mol. The van der Waals surface area contributed by atoms with Crippen molar-refractivity contribution in [3.8, 4) is 0 Å². The molecule has 25 N–H and O–H groups in total. The molecule has 3 amide bonds. The van der Waals surface area contributed by atoms with Crippen molar-refractivity contribution in [1.82, 2.24) is 22.1 Å². The average Bonchev–Trinajstić information content (AvgIpc) is 0.748. The summed E-state index contributed by atoms with van der Waals surface area (Å²) in [5.74, 6) is -7.82. The summed E-state index contributed by atoms with van der Waals surface area (Å²) in [5, 5.41) is 221. The molecule has 690 valence electrons. The van der Waals surface area contributed by atoms with Gasteiger partial charge in [0.25, 0.3) is 5.79 Å². The lowest BCUT2D eigenvalue weighted by molar-refractivity contribution is -0.404. The zero-order valence-corrected chi connectivity index (χ0v) is 69.1. The number of carbonyl (C=O) groups excluding carboxylic acids is 3. The molecule has 6 fully saturated rings. The lowest BCUT2D eigenvalue weighted by atomic mass is 9.88. The van der Waals surface area contributed by atoms with Crippen LogP contribution in [0.15, 0.2) is 12.2 Å². The summed E-state index contributed by atoms with van der Waals surface area (Å²) in [5.41, 5.74) is 0. The van der Waals surface area contributed by atoms with Crippen LogP contribution in [-0.4, -0.2) is 362 Å². The normalized spacial score (nSPS) is 36.3. The minimum Gasteiger partial charge on any atom is -0.477 e. The van der Waals surface area contributed by atoms with E-state index in [0.717, 1.165) is 71.6 Å². The Morgan fingerprint density at radius 1 is 0.466 bits per heavy atom. The fourth-order valence-corrected chi connectivity index (χ4v) is 15.7. The first kappa shape index (κ1) is 105. The fraction of sp³-hybridized carbons (Fsp3) is 0.924. The molecular weight excluding hydrogens is 1560 g/mol. The Morgan fingerprint density at radius 3 is 1.39 bits per heavy atom. The maximum atomic E-state index is 13.9. The molecule has 32 unspecified atom stereocenters. The van der Waals surface area contributed by atoms with E-state index in [1.807, 2.05) is 0 Å². The van der Waals surface area contributed by atoms with Crippen LogP contribution in [0.1, 0.15) is 221 Å². The van der Waals surface area contributed by atoms with Crippen molar-refractivity contribution in [2.75, 3.05) is 39.6 Å². The molecule has 0 aliphatic carbocycles. The number of ether oxygens (including phenoxy) is 12. The van der Waals surface area contributed by atoms with Gasteiger partial charge in [-0.05, 0) is 26.2 Å². The summed E-state index contributed by atoms with van der Waals surface area (Å²) in [6.07, 6.45) is -26.5. The number of aliphatic hydroxyl groups excluding tert-OH is 18. The summed E-state index contributed by atoms with van der Waals surface area (Å²) in [6, 6.07) is -4.94. The van der Waals surface area contributed by atoms with E-state index in [9.17, 15) is 116 Å². The van der Waals surface area contributed by atoms with E-state index in [4.69, 9.17) is 56.8 Å². The first-order chi connectivity index (χ1) is 56.0. The summed E-state index contributed by atoms with van der Waals surface area (Å²) >= 11 is 0. The molecule has 0 aromatic heterocycles.